The predicted octanol–water partition coefficient (Wildman–Crippen LogP) is 0.697. The van der Waals surface area contributed by atoms with Crippen molar-refractivity contribution in [2.24, 2.45) is 17.6 Å². The van der Waals surface area contributed by atoms with Gasteiger partial charge < -0.3 is 10.5 Å². The number of rotatable bonds is 5. The van der Waals surface area contributed by atoms with Gasteiger partial charge in [0, 0.05) is 0 Å². The second kappa shape index (κ2) is 5.56. The molecule has 4 heteroatoms. The van der Waals surface area contributed by atoms with E-state index in [1.807, 2.05) is 13.8 Å². The Hall–Kier alpha value is -1.06. The van der Waals surface area contributed by atoms with Crippen LogP contribution in [0.1, 0.15) is 27.2 Å². The van der Waals surface area contributed by atoms with E-state index in [-0.39, 0.29) is 18.3 Å². The minimum atomic E-state index is -0.442. The summed E-state index contributed by atoms with van der Waals surface area (Å²) in [5.74, 6) is -1.15. The van der Waals surface area contributed by atoms with E-state index >= 15 is 0 Å². The lowest BCUT2D eigenvalue weighted by Gasteiger charge is -2.15. The molecule has 13 heavy (non-hydrogen) atoms. The van der Waals surface area contributed by atoms with Crippen molar-refractivity contribution in [3.63, 3.8) is 0 Å². The number of nitrogens with two attached hydrogens (primary N) is 1. The van der Waals surface area contributed by atoms with Crippen LogP contribution >= 0.6 is 0 Å². The highest BCUT2D eigenvalue weighted by molar-refractivity contribution is 5.82. The number of hydrogen-bond donors (Lipinski definition) is 1. The molecule has 1 unspecified atom stereocenters. The molecule has 0 fully saturated rings. The number of carbonyl (C=O) groups is 2. The number of primary amides is 1. The lowest BCUT2D eigenvalue weighted by Crippen LogP contribution is -2.30. The first kappa shape index (κ1) is 11.9. The molecule has 0 saturated heterocycles. The van der Waals surface area contributed by atoms with Crippen molar-refractivity contribution in [3.8, 4) is 0 Å². The average Bonchev–Trinajstić information content (AvgIpc) is 1.99. The van der Waals surface area contributed by atoms with E-state index in [9.17, 15) is 9.59 Å². The van der Waals surface area contributed by atoms with Gasteiger partial charge in [-0.1, -0.05) is 13.8 Å². The lowest BCUT2D eigenvalue weighted by molar-refractivity contribution is -0.146. The first-order valence-corrected chi connectivity index (χ1v) is 4.44. The molecule has 0 aliphatic carbocycles. The zero-order chi connectivity index (χ0) is 10.4. The maximum atomic E-state index is 11.0. The highest BCUT2D eigenvalue weighted by Gasteiger charge is 2.23. The topological polar surface area (TPSA) is 69.4 Å². The van der Waals surface area contributed by atoms with Crippen LogP contribution in [-0.2, 0) is 14.3 Å². The summed E-state index contributed by atoms with van der Waals surface area (Å²) in [6, 6.07) is 0. The normalized spacial score (nSPS) is 12.6. The monoisotopic (exact) mass is 187 g/mol. The number of amides is 1. The molecule has 0 aromatic carbocycles. The Labute approximate surface area is 78.4 Å². The van der Waals surface area contributed by atoms with Crippen LogP contribution < -0.4 is 5.73 Å². The third kappa shape index (κ3) is 4.50. The van der Waals surface area contributed by atoms with Gasteiger partial charge in [-0.15, -0.1) is 0 Å². The van der Waals surface area contributed by atoms with Gasteiger partial charge in [-0.25, -0.2) is 0 Å². The van der Waals surface area contributed by atoms with Crippen LogP contribution in [-0.4, -0.2) is 18.5 Å². The van der Waals surface area contributed by atoms with Crippen LogP contribution in [0.15, 0.2) is 0 Å². The van der Waals surface area contributed by atoms with Gasteiger partial charge in [-0.3, -0.25) is 9.59 Å². The quantitative estimate of drug-likeness (QED) is 0.644. The highest BCUT2D eigenvalue weighted by atomic mass is 16.5. The van der Waals surface area contributed by atoms with Crippen LogP contribution in [0, 0.1) is 11.8 Å². The summed E-state index contributed by atoms with van der Waals surface area (Å²) in [6.45, 7) is 5.78. The van der Waals surface area contributed by atoms with Gasteiger partial charge in [0.05, 0.1) is 18.9 Å². The van der Waals surface area contributed by atoms with Crippen molar-refractivity contribution >= 4 is 11.9 Å². The molecular weight excluding hydrogens is 170 g/mol. The molecule has 0 aliphatic rings. The van der Waals surface area contributed by atoms with Crippen LogP contribution in [0.4, 0.5) is 0 Å². The molecule has 0 spiro atoms. The maximum absolute atomic E-state index is 11.0. The Morgan fingerprint density at radius 1 is 1.38 bits per heavy atom. The molecule has 0 aromatic rings. The highest BCUT2D eigenvalue weighted by Crippen LogP contribution is 2.15. The predicted molar refractivity (Wildman–Crippen MR) is 48.8 cm³/mol. The lowest BCUT2D eigenvalue weighted by atomic mass is 9.92. The van der Waals surface area contributed by atoms with E-state index in [4.69, 9.17) is 10.5 Å². The SMILES string of the molecule is CCOC(=O)CC(C(N)=O)C(C)C. The van der Waals surface area contributed by atoms with E-state index in [0.717, 1.165) is 0 Å². The third-order valence-electron chi connectivity index (χ3n) is 1.86. The van der Waals surface area contributed by atoms with E-state index in [2.05, 4.69) is 0 Å². The van der Waals surface area contributed by atoms with Gasteiger partial charge in [-0.2, -0.15) is 0 Å². The van der Waals surface area contributed by atoms with Crippen molar-refractivity contribution in [3.05, 3.63) is 0 Å². The van der Waals surface area contributed by atoms with Crippen molar-refractivity contribution in [2.75, 3.05) is 6.61 Å². The van der Waals surface area contributed by atoms with Gasteiger partial charge in [-0.05, 0) is 12.8 Å². The molecule has 4 nitrogen and oxygen atoms in total. The molecule has 0 aromatic heterocycles. The molecule has 0 rings (SSSR count). The zero-order valence-corrected chi connectivity index (χ0v) is 8.37. The summed E-state index contributed by atoms with van der Waals surface area (Å²) < 4.78 is 4.73. The van der Waals surface area contributed by atoms with Crippen LogP contribution in [0.2, 0.25) is 0 Å². The van der Waals surface area contributed by atoms with Crippen LogP contribution in [0.3, 0.4) is 0 Å². The zero-order valence-electron chi connectivity index (χ0n) is 8.37. The number of ether oxygens (including phenoxy) is 1. The van der Waals surface area contributed by atoms with E-state index < -0.39 is 11.8 Å². The molecule has 0 aliphatic heterocycles. The van der Waals surface area contributed by atoms with Crippen molar-refractivity contribution in [1.82, 2.24) is 0 Å². The Balaban J connectivity index is 4.10. The molecular formula is C9H17NO3. The summed E-state index contributed by atoms with van der Waals surface area (Å²) in [4.78, 5) is 21.9. The number of esters is 1. The Kier molecular flexibility index (Phi) is 5.11. The summed E-state index contributed by atoms with van der Waals surface area (Å²) in [7, 11) is 0. The Morgan fingerprint density at radius 2 is 1.92 bits per heavy atom. The molecule has 0 heterocycles. The minimum Gasteiger partial charge on any atom is -0.466 e. The molecule has 2 N–H and O–H groups in total. The first-order valence-electron chi connectivity index (χ1n) is 4.44. The van der Waals surface area contributed by atoms with Gasteiger partial charge in [0.25, 0.3) is 0 Å². The average molecular weight is 187 g/mol. The van der Waals surface area contributed by atoms with Gasteiger partial charge in [0.2, 0.25) is 5.91 Å². The molecule has 1 amide bonds. The molecule has 0 bridgehead atoms. The van der Waals surface area contributed by atoms with Crippen molar-refractivity contribution in [2.45, 2.75) is 27.2 Å². The molecule has 1 atom stereocenters. The Morgan fingerprint density at radius 3 is 2.23 bits per heavy atom. The Bertz CT molecular complexity index is 189. The third-order valence-corrected chi connectivity index (χ3v) is 1.86. The summed E-state index contributed by atoms with van der Waals surface area (Å²) in [6.07, 6.45) is 0.0842. The largest absolute Gasteiger partial charge is 0.466 e. The fourth-order valence-electron chi connectivity index (χ4n) is 1.06. The fourth-order valence-corrected chi connectivity index (χ4v) is 1.06. The molecule has 0 saturated carbocycles. The molecule has 0 radical (unpaired) electrons. The second-order valence-corrected chi connectivity index (χ2v) is 3.26. The van der Waals surface area contributed by atoms with E-state index in [1.165, 1.54) is 0 Å². The van der Waals surface area contributed by atoms with Gasteiger partial charge >= 0.3 is 5.97 Å². The van der Waals surface area contributed by atoms with E-state index in [1.54, 1.807) is 6.92 Å². The van der Waals surface area contributed by atoms with Gasteiger partial charge in [0.15, 0.2) is 0 Å². The van der Waals surface area contributed by atoms with Crippen molar-refractivity contribution < 1.29 is 14.3 Å². The first-order chi connectivity index (χ1) is 5.99. The minimum absolute atomic E-state index is 0.0712. The van der Waals surface area contributed by atoms with E-state index in [0.29, 0.717) is 6.61 Å². The second-order valence-electron chi connectivity index (χ2n) is 3.26. The maximum Gasteiger partial charge on any atom is 0.306 e. The van der Waals surface area contributed by atoms with Crippen LogP contribution in [0.25, 0.3) is 0 Å². The summed E-state index contributed by atoms with van der Waals surface area (Å²) in [5.41, 5.74) is 5.14. The number of hydrogen-bond acceptors (Lipinski definition) is 3. The summed E-state index contributed by atoms with van der Waals surface area (Å²) in [5, 5.41) is 0. The van der Waals surface area contributed by atoms with Crippen molar-refractivity contribution in [1.29, 1.82) is 0 Å². The standard InChI is InChI=1S/C9H17NO3/c1-4-13-8(11)5-7(6(2)3)9(10)12/h6-7H,4-5H2,1-3H3,(H2,10,12). The number of carbonyl (C=O) groups excluding carboxylic acids is 2. The van der Waals surface area contributed by atoms with Gasteiger partial charge in [0.1, 0.15) is 0 Å². The summed E-state index contributed by atoms with van der Waals surface area (Å²) >= 11 is 0. The smallest absolute Gasteiger partial charge is 0.306 e. The molecule has 76 valence electrons. The van der Waals surface area contributed by atoms with Crippen LogP contribution in [0.5, 0.6) is 0 Å². The fraction of sp³-hybridized carbons (Fsp3) is 0.778.